The highest BCUT2D eigenvalue weighted by Gasteiger charge is 2.39. The maximum atomic E-state index is 11.8. The van der Waals surface area contributed by atoms with Gasteiger partial charge in [-0.15, -0.1) is 0 Å². The Morgan fingerprint density at radius 2 is 2.00 bits per heavy atom. The molecule has 0 spiro atoms. The van der Waals surface area contributed by atoms with Crippen LogP contribution in [0.2, 0.25) is 5.02 Å². The third-order valence-corrected chi connectivity index (χ3v) is 4.97. The Balaban J connectivity index is 2.30. The summed E-state index contributed by atoms with van der Waals surface area (Å²) in [5, 5.41) is 8.89. The molecule has 1 aromatic carbocycles. The minimum atomic E-state index is -3.59. The van der Waals surface area contributed by atoms with Crippen molar-refractivity contribution < 1.29 is 18.3 Å². The van der Waals surface area contributed by atoms with Crippen molar-refractivity contribution in [2.24, 2.45) is 0 Å². The van der Waals surface area contributed by atoms with Crippen LogP contribution in [0.5, 0.6) is 0 Å². The number of halogens is 1. The van der Waals surface area contributed by atoms with Crippen molar-refractivity contribution in [2.75, 3.05) is 0 Å². The number of rotatable bonds is 5. The van der Waals surface area contributed by atoms with Crippen LogP contribution in [0.1, 0.15) is 24.4 Å². The van der Waals surface area contributed by atoms with Crippen LogP contribution < -0.4 is 4.72 Å². The molecule has 1 fully saturated rings. The summed E-state index contributed by atoms with van der Waals surface area (Å²) in [7, 11) is -3.59. The monoisotopic (exact) mass is 289 g/mol. The van der Waals surface area contributed by atoms with Gasteiger partial charge in [-0.3, -0.25) is 4.79 Å². The third kappa shape index (κ3) is 2.82. The minimum absolute atomic E-state index is 0.225. The Labute approximate surface area is 110 Å². The van der Waals surface area contributed by atoms with E-state index in [2.05, 4.69) is 4.72 Å². The predicted molar refractivity (Wildman–Crippen MR) is 66.9 cm³/mol. The van der Waals surface area contributed by atoms with E-state index in [1.165, 1.54) is 12.1 Å². The first kappa shape index (κ1) is 13.3. The van der Waals surface area contributed by atoms with Gasteiger partial charge in [0.05, 0.1) is 5.25 Å². The molecule has 0 amide bonds. The molecule has 98 valence electrons. The van der Waals surface area contributed by atoms with Gasteiger partial charge in [0.25, 0.3) is 0 Å². The van der Waals surface area contributed by atoms with Crippen molar-refractivity contribution in [3.63, 3.8) is 0 Å². The Hall–Kier alpha value is -1.11. The van der Waals surface area contributed by atoms with Crippen LogP contribution in [0.15, 0.2) is 24.3 Å². The van der Waals surface area contributed by atoms with Gasteiger partial charge in [-0.2, -0.15) is 4.72 Å². The Kier molecular flexibility index (Phi) is 3.61. The fraction of sp³-hybridized carbons (Fsp3) is 0.364. The molecular weight excluding hydrogens is 278 g/mol. The Morgan fingerprint density at radius 1 is 1.39 bits per heavy atom. The second-order valence-electron chi connectivity index (χ2n) is 4.15. The summed E-state index contributed by atoms with van der Waals surface area (Å²) in [6.45, 7) is 0. The highest BCUT2D eigenvalue weighted by molar-refractivity contribution is 7.90. The molecular formula is C11H12ClNO4S. The molecule has 1 aliphatic rings. The zero-order valence-electron chi connectivity index (χ0n) is 9.34. The molecule has 1 saturated carbocycles. The molecule has 18 heavy (non-hydrogen) atoms. The summed E-state index contributed by atoms with van der Waals surface area (Å²) in [4.78, 5) is 11.2. The van der Waals surface area contributed by atoms with Gasteiger partial charge in [0.15, 0.2) is 0 Å². The molecule has 2 N–H and O–H groups in total. The fourth-order valence-electron chi connectivity index (χ4n) is 1.59. The van der Waals surface area contributed by atoms with Gasteiger partial charge in [0.1, 0.15) is 6.04 Å². The molecule has 0 unspecified atom stereocenters. The third-order valence-electron chi connectivity index (χ3n) is 2.71. The smallest absolute Gasteiger partial charge is 0.326 e. The van der Waals surface area contributed by atoms with Crippen molar-refractivity contribution in [1.82, 2.24) is 4.72 Å². The summed E-state index contributed by atoms with van der Waals surface area (Å²) in [5.41, 5.74) is 0.246. The van der Waals surface area contributed by atoms with E-state index in [1.807, 2.05) is 0 Å². The van der Waals surface area contributed by atoms with E-state index in [1.54, 1.807) is 12.1 Å². The molecule has 1 atom stereocenters. The molecule has 1 aliphatic carbocycles. The highest BCUT2D eigenvalue weighted by Crippen LogP contribution is 2.30. The lowest BCUT2D eigenvalue weighted by Gasteiger charge is -2.16. The molecule has 0 saturated heterocycles. The van der Waals surface area contributed by atoms with Crippen molar-refractivity contribution in [1.29, 1.82) is 0 Å². The van der Waals surface area contributed by atoms with Crippen LogP contribution in [-0.4, -0.2) is 24.7 Å². The topological polar surface area (TPSA) is 83.5 Å². The summed E-state index contributed by atoms with van der Waals surface area (Å²) < 4.78 is 25.7. The summed E-state index contributed by atoms with van der Waals surface area (Å²) in [5.74, 6) is -1.27. The number of carbonyl (C=O) groups is 1. The van der Waals surface area contributed by atoms with Gasteiger partial charge in [-0.1, -0.05) is 29.8 Å². The number of sulfonamides is 1. The zero-order valence-corrected chi connectivity index (χ0v) is 10.9. The molecule has 0 aromatic heterocycles. The molecule has 0 heterocycles. The van der Waals surface area contributed by atoms with E-state index >= 15 is 0 Å². The van der Waals surface area contributed by atoms with E-state index < -0.39 is 27.3 Å². The number of hydrogen-bond acceptors (Lipinski definition) is 3. The average Bonchev–Trinajstić information content (AvgIpc) is 3.10. The van der Waals surface area contributed by atoms with Crippen LogP contribution in [0.4, 0.5) is 0 Å². The van der Waals surface area contributed by atoms with Gasteiger partial charge in [-0.25, -0.2) is 8.42 Å². The Bertz CT molecular complexity index is 568. The number of carboxylic acid groups (broad SMARTS) is 1. The van der Waals surface area contributed by atoms with Crippen LogP contribution >= 0.6 is 11.6 Å². The zero-order chi connectivity index (χ0) is 13.3. The van der Waals surface area contributed by atoms with Gasteiger partial charge in [0, 0.05) is 5.02 Å². The van der Waals surface area contributed by atoms with Crippen LogP contribution in [-0.2, 0) is 14.8 Å². The maximum absolute atomic E-state index is 11.8. The molecule has 0 bridgehead atoms. The number of benzene rings is 1. The van der Waals surface area contributed by atoms with Gasteiger partial charge >= 0.3 is 5.97 Å². The summed E-state index contributed by atoms with van der Waals surface area (Å²) in [6, 6.07) is 4.95. The lowest BCUT2D eigenvalue weighted by atomic mass is 10.1. The average molecular weight is 290 g/mol. The van der Waals surface area contributed by atoms with E-state index in [4.69, 9.17) is 16.7 Å². The highest BCUT2D eigenvalue weighted by atomic mass is 35.5. The summed E-state index contributed by atoms with van der Waals surface area (Å²) >= 11 is 5.89. The number of aliphatic carboxylic acids is 1. The number of carboxylic acids is 1. The molecule has 5 nitrogen and oxygen atoms in total. The number of hydrogen-bond donors (Lipinski definition) is 2. The van der Waals surface area contributed by atoms with Crippen LogP contribution in [0, 0.1) is 0 Å². The van der Waals surface area contributed by atoms with Crippen molar-refractivity contribution in [3.8, 4) is 0 Å². The lowest BCUT2D eigenvalue weighted by molar-refractivity contribution is -0.139. The fourth-order valence-corrected chi connectivity index (χ4v) is 3.35. The standard InChI is InChI=1S/C11H12ClNO4S/c12-9-4-2-1-3-8(9)10(11(14)15)13-18(16,17)7-5-6-7/h1-4,7,10,13H,5-6H2,(H,14,15)/t10-/m1/s1. The van der Waals surface area contributed by atoms with E-state index in [0.29, 0.717) is 12.8 Å². The molecule has 7 heteroatoms. The molecule has 0 aliphatic heterocycles. The molecule has 0 radical (unpaired) electrons. The number of nitrogens with one attached hydrogen (secondary N) is 1. The van der Waals surface area contributed by atoms with E-state index in [9.17, 15) is 13.2 Å². The second kappa shape index (κ2) is 4.87. The molecule has 1 aromatic rings. The normalized spacial score (nSPS) is 17.4. The van der Waals surface area contributed by atoms with E-state index in [-0.39, 0.29) is 10.6 Å². The maximum Gasteiger partial charge on any atom is 0.326 e. The van der Waals surface area contributed by atoms with Crippen molar-refractivity contribution in [3.05, 3.63) is 34.9 Å². The predicted octanol–water partition coefficient (Wildman–Crippen LogP) is 1.55. The first-order valence-electron chi connectivity index (χ1n) is 5.40. The first-order valence-corrected chi connectivity index (χ1v) is 7.32. The summed E-state index contributed by atoms with van der Waals surface area (Å²) in [6.07, 6.45) is 1.15. The first-order chi connectivity index (χ1) is 8.42. The second-order valence-corrected chi connectivity index (χ2v) is 6.55. The SMILES string of the molecule is O=C(O)[C@H](NS(=O)(=O)C1CC1)c1ccccc1Cl. The van der Waals surface area contributed by atoms with Crippen LogP contribution in [0.3, 0.4) is 0 Å². The Morgan fingerprint density at radius 3 is 2.50 bits per heavy atom. The van der Waals surface area contributed by atoms with Gasteiger partial charge < -0.3 is 5.11 Å². The van der Waals surface area contributed by atoms with E-state index in [0.717, 1.165) is 0 Å². The quantitative estimate of drug-likeness (QED) is 0.861. The van der Waals surface area contributed by atoms with Crippen LogP contribution in [0.25, 0.3) is 0 Å². The largest absolute Gasteiger partial charge is 0.480 e. The molecule has 2 rings (SSSR count). The minimum Gasteiger partial charge on any atom is -0.480 e. The lowest BCUT2D eigenvalue weighted by Crippen LogP contribution is -2.36. The van der Waals surface area contributed by atoms with Gasteiger partial charge in [0.2, 0.25) is 10.0 Å². The van der Waals surface area contributed by atoms with Gasteiger partial charge in [-0.05, 0) is 24.5 Å². The van der Waals surface area contributed by atoms with Crippen molar-refractivity contribution >= 4 is 27.6 Å². The van der Waals surface area contributed by atoms with Crippen molar-refractivity contribution in [2.45, 2.75) is 24.1 Å².